The van der Waals surface area contributed by atoms with Gasteiger partial charge in [-0.05, 0) is 0 Å². The first kappa shape index (κ1) is 16.9. The van der Waals surface area contributed by atoms with Gasteiger partial charge in [0, 0.05) is 0 Å². The Balaban J connectivity index is -0.00000000500. The second kappa shape index (κ2) is 21.0. The zero-order chi connectivity index (χ0) is 2.00. The van der Waals surface area contributed by atoms with Gasteiger partial charge in [0.05, 0.1) is 0 Å². The van der Waals surface area contributed by atoms with Crippen molar-refractivity contribution in [3.05, 3.63) is 0 Å². The molecule has 0 aliphatic rings. The standard InChI is InChI=1S/ClH.K.2H2O/h1H;;2*1H2/q;+1;;/p-1. The van der Waals surface area contributed by atoms with Crippen LogP contribution in [0.2, 0.25) is 0 Å². The Hall–Kier alpha value is 1.85. The monoisotopic (exact) mass is 110 g/mol. The minimum absolute atomic E-state index is 0. The third kappa shape index (κ3) is 9.14. The second-order valence-corrected chi connectivity index (χ2v) is 0. The fourth-order valence-corrected chi connectivity index (χ4v) is 0. The fraction of sp³-hybridized carbons (Fsp3) is 0. The van der Waals surface area contributed by atoms with E-state index in [0.717, 1.165) is 0 Å². The molecule has 0 saturated carbocycles. The molecule has 0 heterocycles. The van der Waals surface area contributed by atoms with E-state index in [-0.39, 0.29) is 11.0 Å². The molecule has 0 aliphatic carbocycles. The Morgan fingerprint density at radius 3 is 1.00 bits per heavy atom. The van der Waals surface area contributed by atoms with Crippen molar-refractivity contribution >= 4 is 50.9 Å². The molecule has 0 saturated heterocycles. The zero-order valence-electron chi connectivity index (χ0n) is 2.38. The van der Waals surface area contributed by atoms with Crippen LogP contribution in [-0.4, -0.2) is 58.1 Å². The van der Waals surface area contributed by atoms with Crippen molar-refractivity contribution in [1.29, 1.82) is 0 Å². The van der Waals surface area contributed by atoms with Crippen LogP contribution in [0.25, 0.3) is 0 Å². The van der Waals surface area contributed by atoms with Gasteiger partial charge in [0.1, 0.15) is 0 Å². The van der Waals surface area contributed by atoms with Crippen LogP contribution in [0.4, 0.5) is 0 Å². The van der Waals surface area contributed by atoms with Gasteiger partial charge in [-0.25, -0.2) is 0 Å². The Labute approximate surface area is 60.5 Å². The number of rotatable bonds is 0. The van der Waals surface area contributed by atoms with Crippen LogP contribution >= 0.6 is 3.76 Å². The molecule has 0 aliphatic heterocycles. The SMILES string of the molecule is O.O.[Cl][K]. The van der Waals surface area contributed by atoms with E-state index in [4.69, 9.17) is 3.76 Å². The third-order valence-electron chi connectivity index (χ3n) is 0. The Morgan fingerprint density at radius 2 is 1.00 bits per heavy atom. The molecular formula is H4ClKO2. The normalized spacial score (nSPS) is 1.75. The van der Waals surface area contributed by atoms with Crippen molar-refractivity contribution < 1.29 is 11.0 Å². The maximum absolute atomic E-state index is 4.83. The molecule has 0 aromatic rings. The predicted octanol–water partition coefficient (Wildman–Crippen LogP) is -1.34. The molecular weight excluding hydrogens is 107 g/mol. The quantitative estimate of drug-likeness (QED) is 0.347. The third-order valence-corrected chi connectivity index (χ3v) is 0. The molecule has 24 valence electrons. The summed E-state index contributed by atoms with van der Waals surface area (Å²) in [6.45, 7) is 0. The van der Waals surface area contributed by atoms with Crippen molar-refractivity contribution in [2.45, 2.75) is 0 Å². The summed E-state index contributed by atoms with van der Waals surface area (Å²) in [5, 5.41) is 0. The molecule has 0 unspecified atom stereocenters. The Kier molecular flexibility index (Phi) is 89.1. The molecule has 0 aromatic heterocycles. The van der Waals surface area contributed by atoms with E-state index in [1.807, 2.05) is 0 Å². The van der Waals surface area contributed by atoms with Gasteiger partial charge in [-0.15, -0.1) is 0 Å². The summed E-state index contributed by atoms with van der Waals surface area (Å²) in [7, 11) is 0. The first-order valence-corrected chi connectivity index (χ1v) is 4.68. The first-order chi connectivity index (χ1) is 1.00. The molecule has 0 amide bonds. The van der Waals surface area contributed by atoms with Gasteiger partial charge >= 0.3 is 50.9 Å². The fourth-order valence-electron chi connectivity index (χ4n) is 0. The summed E-state index contributed by atoms with van der Waals surface area (Å²) in [4.78, 5) is 0. The molecule has 0 bridgehead atoms. The summed E-state index contributed by atoms with van der Waals surface area (Å²) in [6.07, 6.45) is 0. The van der Waals surface area contributed by atoms with Crippen LogP contribution in [-0.2, 0) is 0 Å². The molecule has 0 rings (SSSR count). The molecule has 0 fully saturated rings. The van der Waals surface area contributed by atoms with Gasteiger partial charge in [0.25, 0.3) is 0 Å². The average Bonchev–Trinajstić information content (AvgIpc) is 1.00. The van der Waals surface area contributed by atoms with E-state index in [1.165, 1.54) is 0 Å². The molecule has 2 nitrogen and oxygen atoms in total. The van der Waals surface area contributed by atoms with Crippen molar-refractivity contribution in [2.24, 2.45) is 0 Å². The summed E-state index contributed by atoms with van der Waals surface area (Å²) in [5.41, 5.74) is 0. The van der Waals surface area contributed by atoms with Crippen LogP contribution in [0.1, 0.15) is 0 Å². The van der Waals surface area contributed by atoms with E-state index >= 15 is 0 Å². The first-order valence-electron chi connectivity index (χ1n) is 0.378. The summed E-state index contributed by atoms with van der Waals surface area (Å²) < 4.78 is 4.83. The molecule has 0 radical (unpaired) electrons. The summed E-state index contributed by atoms with van der Waals surface area (Å²) >= 11 is 0.535. The van der Waals surface area contributed by atoms with Crippen molar-refractivity contribution in [3.8, 4) is 0 Å². The van der Waals surface area contributed by atoms with Gasteiger partial charge in [0.2, 0.25) is 0 Å². The number of hydrogen-bond donors (Lipinski definition) is 0. The molecule has 4 heteroatoms. The average molecular weight is 111 g/mol. The van der Waals surface area contributed by atoms with E-state index in [2.05, 4.69) is 0 Å². The molecule has 0 aromatic carbocycles. The van der Waals surface area contributed by atoms with Crippen molar-refractivity contribution in [2.75, 3.05) is 0 Å². The number of halogens is 1. The van der Waals surface area contributed by atoms with E-state index in [9.17, 15) is 0 Å². The van der Waals surface area contributed by atoms with Gasteiger partial charge in [-0.1, -0.05) is 0 Å². The second-order valence-electron chi connectivity index (χ2n) is 0. The number of hydrogen-bond acceptors (Lipinski definition) is 0. The van der Waals surface area contributed by atoms with Crippen molar-refractivity contribution in [3.63, 3.8) is 0 Å². The van der Waals surface area contributed by atoms with Gasteiger partial charge < -0.3 is 11.0 Å². The van der Waals surface area contributed by atoms with Crippen LogP contribution in [0.15, 0.2) is 0 Å². The van der Waals surface area contributed by atoms with Crippen LogP contribution in [0.5, 0.6) is 0 Å². The van der Waals surface area contributed by atoms with E-state index in [0.29, 0.717) is 47.1 Å². The van der Waals surface area contributed by atoms with Gasteiger partial charge in [-0.3, -0.25) is 0 Å². The zero-order valence-corrected chi connectivity index (χ0v) is 6.26. The van der Waals surface area contributed by atoms with Crippen LogP contribution < -0.4 is 0 Å². The molecule has 0 atom stereocenters. The van der Waals surface area contributed by atoms with Crippen LogP contribution in [0.3, 0.4) is 0 Å². The molecule has 4 heavy (non-hydrogen) atoms. The Bertz CT molecular complexity index is 6.00. The predicted molar refractivity (Wildman–Crippen MR) is 18.8 cm³/mol. The molecule has 4 N–H and O–H groups in total. The Morgan fingerprint density at radius 1 is 1.00 bits per heavy atom. The van der Waals surface area contributed by atoms with Crippen LogP contribution in [0, 0.1) is 0 Å². The van der Waals surface area contributed by atoms with E-state index in [1.54, 1.807) is 0 Å². The topological polar surface area (TPSA) is 63.0 Å². The molecule has 0 spiro atoms. The van der Waals surface area contributed by atoms with Crippen molar-refractivity contribution in [1.82, 2.24) is 0 Å². The van der Waals surface area contributed by atoms with Gasteiger partial charge in [0.15, 0.2) is 0 Å². The van der Waals surface area contributed by atoms with Gasteiger partial charge in [-0.2, -0.15) is 0 Å². The summed E-state index contributed by atoms with van der Waals surface area (Å²) in [5.74, 6) is 0. The minimum atomic E-state index is 0. The van der Waals surface area contributed by atoms with E-state index < -0.39 is 0 Å². The maximum atomic E-state index is 4.83. The summed E-state index contributed by atoms with van der Waals surface area (Å²) in [6, 6.07) is 0.